The summed E-state index contributed by atoms with van der Waals surface area (Å²) in [6.45, 7) is 6.49. The van der Waals surface area contributed by atoms with Gasteiger partial charge in [0.2, 0.25) is 0 Å². The van der Waals surface area contributed by atoms with E-state index >= 15 is 0 Å². The zero-order chi connectivity index (χ0) is 21.0. The van der Waals surface area contributed by atoms with Gasteiger partial charge in [0, 0.05) is 42.1 Å². The third kappa shape index (κ3) is 4.80. The molecule has 1 aromatic heterocycles. The minimum Gasteiger partial charge on any atom is -0.486 e. The fourth-order valence-electron chi connectivity index (χ4n) is 3.76. The Labute approximate surface area is 190 Å². The number of ether oxygens (including phenoxy) is 3. The molecule has 3 heterocycles. The standard InChI is InChI=1S/C23H24ClN3O3S/c24-18-2-4-19(5-3-18)25-23-27(8-7-26-9-11-28-12-10-26)20(16-31-23)17-1-6-21-22(15-17)30-14-13-29-21/h1-6,15-16H,7-14H2. The molecule has 0 spiro atoms. The Balaban J connectivity index is 1.51. The van der Waals surface area contributed by atoms with Crippen LogP contribution < -0.4 is 14.3 Å². The van der Waals surface area contributed by atoms with Crippen LogP contribution in [0.15, 0.2) is 52.8 Å². The number of aromatic nitrogens is 1. The summed E-state index contributed by atoms with van der Waals surface area (Å²) in [4.78, 5) is 8.30. The van der Waals surface area contributed by atoms with Gasteiger partial charge in [0.05, 0.1) is 24.6 Å². The number of fused-ring (bicyclic) bond motifs is 1. The van der Waals surface area contributed by atoms with Crippen LogP contribution >= 0.6 is 22.9 Å². The number of hydrogen-bond acceptors (Lipinski definition) is 6. The van der Waals surface area contributed by atoms with Gasteiger partial charge < -0.3 is 18.8 Å². The predicted octanol–water partition coefficient (Wildman–Crippen LogP) is 4.21. The zero-order valence-electron chi connectivity index (χ0n) is 17.1. The van der Waals surface area contributed by atoms with Crippen LogP contribution in [-0.4, -0.2) is 55.5 Å². The van der Waals surface area contributed by atoms with Gasteiger partial charge in [-0.05, 0) is 42.5 Å². The molecule has 0 bridgehead atoms. The molecule has 2 aliphatic rings. The Bertz CT molecular complexity index is 1100. The lowest BCUT2D eigenvalue weighted by Gasteiger charge is -2.27. The van der Waals surface area contributed by atoms with Crippen LogP contribution in [-0.2, 0) is 11.3 Å². The third-order valence-corrected chi connectivity index (χ3v) is 6.55. The zero-order valence-corrected chi connectivity index (χ0v) is 18.7. The van der Waals surface area contributed by atoms with Crippen molar-refractivity contribution in [2.45, 2.75) is 6.54 Å². The molecule has 0 atom stereocenters. The van der Waals surface area contributed by atoms with Crippen LogP contribution in [0.1, 0.15) is 0 Å². The average molecular weight is 458 g/mol. The third-order valence-electron chi connectivity index (χ3n) is 5.43. The predicted molar refractivity (Wildman–Crippen MR) is 123 cm³/mol. The van der Waals surface area contributed by atoms with E-state index in [9.17, 15) is 0 Å². The smallest absolute Gasteiger partial charge is 0.190 e. The molecule has 162 valence electrons. The van der Waals surface area contributed by atoms with Crippen molar-refractivity contribution in [1.82, 2.24) is 9.47 Å². The molecule has 2 aromatic carbocycles. The van der Waals surface area contributed by atoms with Gasteiger partial charge in [-0.3, -0.25) is 4.90 Å². The first-order valence-electron chi connectivity index (χ1n) is 10.4. The van der Waals surface area contributed by atoms with E-state index in [-0.39, 0.29) is 0 Å². The van der Waals surface area contributed by atoms with Crippen LogP contribution in [0.3, 0.4) is 0 Å². The van der Waals surface area contributed by atoms with E-state index in [0.717, 1.165) is 72.6 Å². The molecule has 0 N–H and O–H groups in total. The maximum Gasteiger partial charge on any atom is 0.190 e. The Morgan fingerprint density at radius 1 is 0.903 bits per heavy atom. The van der Waals surface area contributed by atoms with Gasteiger partial charge in [0.25, 0.3) is 0 Å². The van der Waals surface area contributed by atoms with E-state index in [4.69, 9.17) is 30.8 Å². The Kier molecular flexibility index (Phi) is 6.27. The quantitative estimate of drug-likeness (QED) is 0.576. The molecule has 3 aromatic rings. The van der Waals surface area contributed by atoms with Crippen molar-refractivity contribution in [2.24, 2.45) is 4.99 Å². The van der Waals surface area contributed by atoms with Crippen LogP contribution in [0.2, 0.25) is 5.02 Å². The summed E-state index contributed by atoms with van der Waals surface area (Å²) in [5.41, 5.74) is 3.11. The maximum absolute atomic E-state index is 6.04. The van der Waals surface area contributed by atoms with Gasteiger partial charge in [0.15, 0.2) is 16.3 Å². The average Bonchev–Trinajstić information content (AvgIpc) is 3.22. The minimum atomic E-state index is 0.578. The Morgan fingerprint density at radius 2 is 1.68 bits per heavy atom. The van der Waals surface area contributed by atoms with Crippen LogP contribution in [0.25, 0.3) is 11.3 Å². The number of halogens is 1. The van der Waals surface area contributed by atoms with Crippen molar-refractivity contribution in [1.29, 1.82) is 0 Å². The van der Waals surface area contributed by atoms with Crippen molar-refractivity contribution in [2.75, 3.05) is 46.1 Å². The summed E-state index contributed by atoms with van der Waals surface area (Å²) in [7, 11) is 0. The number of thiazole rings is 1. The number of hydrogen-bond donors (Lipinski definition) is 0. The van der Waals surface area contributed by atoms with E-state index in [1.165, 1.54) is 0 Å². The van der Waals surface area contributed by atoms with Crippen LogP contribution in [0, 0.1) is 0 Å². The molecule has 0 unspecified atom stereocenters. The minimum absolute atomic E-state index is 0.578. The molecule has 2 aliphatic heterocycles. The van der Waals surface area contributed by atoms with E-state index in [1.807, 2.05) is 30.3 Å². The SMILES string of the molecule is Clc1ccc(N=c2scc(-c3ccc4c(c3)OCCO4)n2CCN2CCOCC2)cc1. The molecule has 8 heteroatoms. The summed E-state index contributed by atoms with van der Waals surface area (Å²) >= 11 is 7.68. The van der Waals surface area contributed by atoms with Crippen molar-refractivity contribution in [3.05, 3.63) is 57.7 Å². The van der Waals surface area contributed by atoms with Gasteiger partial charge in [-0.25, -0.2) is 4.99 Å². The molecule has 31 heavy (non-hydrogen) atoms. The van der Waals surface area contributed by atoms with Crippen molar-refractivity contribution in [3.8, 4) is 22.8 Å². The highest BCUT2D eigenvalue weighted by Gasteiger charge is 2.16. The van der Waals surface area contributed by atoms with Crippen molar-refractivity contribution in [3.63, 3.8) is 0 Å². The second kappa shape index (κ2) is 9.44. The number of benzene rings is 2. The van der Waals surface area contributed by atoms with E-state index in [1.54, 1.807) is 11.3 Å². The van der Waals surface area contributed by atoms with Crippen molar-refractivity contribution < 1.29 is 14.2 Å². The molecular weight excluding hydrogens is 434 g/mol. The monoisotopic (exact) mass is 457 g/mol. The number of rotatable bonds is 5. The van der Waals surface area contributed by atoms with E-state index in [2.05, 4.69) is 27.0 Å². The second-order valence-corrected chi connectivity index (χ2v) is 8.73. The lowest BCUT2D eigenvalue weighted by atomic mass is 10.1. The molecule has 6 nitrogen and oxygen atoms in total. The lowest BCUT2D eigenvalue weighted by molar-refractivity contribution is 0.0363. The van der Waals surface area contributed by atoms with E-state index in [0.29, 0.717) is 18.2 Å². The van der Waals surface area contributed by atoms with Crippen LogP contribution in [0.4, 0.5) is 5.69 Å². The molecule has 5 rings (SSSR count). The fraction of sp³-hybridized carbons (Fsp3) is 0.348. The maximum atomic E-state index is 6.04. The molecule has 0 saturated carbocycles. The Hall–Kier alpha value is -2.32. The molecule has 1 fully saturated rings. The second-order valence-electron chi connectivity index (χ2n) is 7.46. The normalized spacial score (nSPS) is 17.1. The molecule has 0 aliphatic carbocycles. The Morgan fingerprint density at radius 3 is 2.48 bits per heavy atom. The van der Waals surface area contributed by atoms with Gasteiger partial charge in [-0.15, -0.1) is 11.3 Å². The van der Waals surface area contributed by atoms with Gasteiger partial charge >= 0.3 is 0 Å². The first kappa shape index (κ1) is 20.6. The first-order chi connectivity index (χ1) is 15.3. The highest BCUT2D eigenvalue weighted by Crippen LogP contribution is 2.34. The van der Waals surface area contributed by atoms with E-state index < -0.39 is 0 Å². The lowest BCUT2D eigenvalue weighted by Crippen LogP contribution is -2.39. The van der Waals surface area contributed by atoms with Crippen molar-refractivity contribution >= 4 is 28.6 Å². The molecule has 1 saturated heterocycles. The summed E-state index contributed by atoms with van der Waals surface area (Å²) in [6.07, 6.45) is 0. The van der Waals surface area contributed by atoms with Gasteiger partial charge in [-0.2, -0.15) is 0 Å². The summed E-state index contributed by atoms with van der Waals surface area (Å²) in [5, 5.41) is 2.88. The molecule has 0 radical (unpaired) electrons. The molecule has 0 amide bonds. The highest BCUT2D eigenvalue weighted by molar-refractivity contribution is 7.07. The molecular formula is C23H24ClN3O3S. The number of morpholine rings is 1. The number of nitrogens with zero attached hydrogens (tertiary/aromatic N) is 3. The highest BCUT2D eigenvalue weighted by atomic mass is 35.5. The summed E-state index contributed by atoms with van der Waals surface area (Å²) < 4.78 is 19.3. The topological polar surface area (TPSA) is 48.2 Å². The summed E-state index contributed by atoms with van der Waals surface area (Å²) in [5.74, 6) is 1.60. The largest absolute Gasteiger partial charge is 0.486 e. The van der Waals surface area contributed by atoms with Gasteiger partial charge in [0.1, 0.15) is 13.2 Å². The summed E-state index contributed by atoms with van der Waals surface area (Å²) in [6, 6.07) is 13.8. The van der Waals surface area contributed by atoms with Gasteiger partial charge in [-0.1, -0.05) is 11.6 Å². The fourth-order valence-corrected chi connectivity index (χ4v) is 4.84. The first-order valence-corrected chi connectivity index (χ1v) is 11.7. The van der Waals surface area contributed by atoms with Crippen LogP contribution in [0.5, 0.6) is 11.5 Å².